The van der Waals surface area contributed by atoms with E-state index in [0.717, 1.165) is 38.9 Å². The molecule has 5 aromatic rings. The van der Waals surface area contributed by atoms with Gasteiger partial charge in [0.15, 0.2) is 0 Å². The third-order valence-electron chi connectivity index (χ3n) is 10.7. The lowest BCUT2D eigenvalue weighted by molar-refractivity contribution is -0.152. The van der Waals surface area contributed by atoms with Crippen LogP contribution in [0.4, 0.5) is 4.79 Å². The third-order valence-corrected chi connectivity index (χ3v) is 10.7. The first-order valence-electron chi connectivity index (χ1n) is 18.8. The molecule has 0 radical (unpaired) electrons. The van der Waals surface area contributed by atoms with Crippen LogP contribution in [0, 0.1) is 0 Å². The van der Waals surface area contributed by atoms with Gasteiger partial charge in [-0.15, -0.1) is 0 Å². The smallest absolute Gasteiger partial charge is 0.411 e. The monoisotopic (exact) mass is 779 g/mol. The molecular weight excluding hydrogens is 735 g/mol. The number of carbonyl (C=O) groups is 3. The molecule has 2 atom stereocenters. The maximum atomic E-state index is 14.4. The second-order valence-electron chi connectivity index (χ2n) is 13.9. The molecule has 0 bridgehead atoms. The summed E-state index contributed by atoms with van der Waals surface area (Å²) < 4.78 is 15.8. The maximum absolute atomic E-state index is 14.4. The van der Waals surface area contributed by atoms with Crippen molar-refractivity contribution in [3.63, 3.8) is 0 Å². The first-order valence-corrected chi connectivity index (χ1v) is 18.8. The number of hydrogen-bond donors (Lipinski definition) is 2. The molecule has 1 heterocycles. The Kier molecular flexibility index (Phi) is 11.6. The average molecular weight is 780 g/mol. The lowest BCUT2D eigenvalue weighted by Gasteiger charge is -2.41. The number of aliphatic hydroxyl groups excluding tert-OH is 1. The van der Waals surface area contributed by atoms with E-state index in [4.69, 9.17) is 14.2 Å². The van der Waals surface area contributed by atoms with Gasteiger partial charge >= 0.3 is 12.1 Å². The van der Waals surface area contributed by atoms with Gasteiger partial charge in [0, 0.05) is 6.20 Å². The fraction of sp³-hybridized carbons (Fsp3) is 0.217. The summed E-state index contributed by atoms with van der Waals surface area (Å²) in [4.78, 5) is 49.6. The number of methoxy groups -OCH3 is 3. The quantitative estimate of drug-likeness (QED) is 0.0855. The number of carbonyl (C=O) groups excluding carboxylic acids is 3. The van der Waals surface area contributed by atoms with Crippen LogP contribution in [0.1, 0.15) is 40.8 Å². The Morgan fingerprint density at radius 3 is 1.81 bits per heavy atom. The van der Waals surface area contributed by atoms with E-state index in [1.165, 1.54) is 28.9 Å². The Labute approximate surface area is 337 Å². The van der Waals surface area contributed by atoms with Crippen molar-refractivity contribution in [2.45, 2.75) is 31.0 Å². The number of rotatable bonds is 12. The van der Waals surface area contributed by atoms with Gasteiger partial charge in [-0.3, -0.25) is 14.5 Å². The van der Waals surface area contributed by atoms with E-state index in [-0.39, 0.29) is 6.54 Å². The van der Waals surface area contributed by atoms with Crippen LogP contribution >= 0.6 is 0 Å². The Balaban J connectivity index is 1.19. The minimum atomic E-state index is -1.49. The fourth-order valence-corrected chi connectivity index (χ4v) is 7.86. The van der Waals surface area contributed by atoms with Crippen molar-refractivity contribution in [1.82, 2.24) is 20.0 Å². The number of esters is 1. The summed E-state index contributed by atoms with van der Waals surface area (Å²) in [5.41, 5.74) is 5.39. The molecule has 296 valence electrons. The molecular formula is C46H45N5O7. The molecule has 2 aliphatic rings. The van der Waals surface area contributed by atoms with E-state index >= 15 is 0 Å². The zero-order chi connectivity index (χ0) is 40.8. The number of nitrogens with zero attached hydrogens (tertiary/aromatic N) is 4. The number of amides is 2. The van der Waals surface area contributed by atoms with Gasteiger partial charge in [0.05, 0.1) is 27.4 Å². The molecule has 0 saturated carbocycles. The summed E-state index contributed by atoms with van der Waals surface area (Å²) in [7, 11) is 4.12. The van der Waals surface area contributed by atoms with Crippen LogP contribution in [-0.4, -0.2) is 90.5 Å². The van der Waals surface area contributed by atoms with E-state index in [1.807, 2.05) is 133 Å². The molecule has 1 aliphatic heterocycles. The molecule has 0 fully saturated rings. The first-order chi connectivity index (χ1) is 28.2. The van der Waals surface area contributed by atoms with Crippen LogP contribution < -0.4 is 10.1 Å². The normalized spacial score (nSPS) is 15.0. The van der Waals surface area contributed by atoms with E-state index in [0.29, 0.717) is 11.6 Å². The number of fused-ring (bicyclic) bond motifs is 3. The van der Waals surface area contributed by atoms with Crippen molar-refractivity contribution in [3.05, 3.63) is 174 Å². The molecule has 12 nitrogen and oxygen atoms in total. The SMILES string of the molecule is COC(=O)CN(C(=O)CN1C=CC(NC(c2ccccc2)(c2ccccc2)c2ccc(OC)cc2)=NC1O)C(C)N(C(=O)OC)C1c2ccccc2-c2ccccc21. The van der Waals surface area contributed by atoms with Crippen LogP contribution in [0.15, 0.2) is 151 Å². The summed E-state index contributed by atoms with van der Waals surface area (Å²) >= 11 is 0. The van der Waals surface area contributed by atoms with Crippen LogP contribution in [-0.2, 0) is 24.6 Å². The predicted molar refractivity (Wildman–Crippen MR) is 219 cm³/mol. The summed E-state index contributed by atoms with van der Waals surface area (Å²) in [6.45, 7) is 0.807. The van der Waals surface area contributed by atoms with Crippen molar-refractivity contribution < 1.29 is 33.7 Å². The van der Waals surface area contributed by atoms with Gasteiger partial charge in [0.2, 0.25) is 12.3 Å². The molecule has 2 amide bonds. The molecule has 7 rings (SSSR count). The molecule has 2 unspecified atom stereocenters. The molecule has 12 heteroatoms. The number of aliphatic hydroxyl groups is 1. The van der Waals surface area contributed by atoms with Crippen molar-refractivity contribution in [3.8, 4) is 16.9 Å². The van der Waals surface area contributed by atoms with Gasteiger partial charge in [-0.05, 0) is 64.1 Å². The Hall–Kier alpha value is -6.92. The van der Waals surface area contributed by atoms with Crippen molar-refractivity contribution in [2.75, 3.05) is 34.4 Å². The fourth-order valence-electron chi connectivity index (χ4n) is 7.86. The number of ether oxygens (including phenoxy) is 3. The zero-order valence-electron chi connectivity index (χ0n) is 32.7. The lowest BCUT2D eigenvalue weighted by atomic mass is 9.77. The van der Waals surface area contributed by atoms with Crippen molar-refractivity contribution in [1.29, 1.82) is 0 Å². The molecule has 2 N–H and O–H groups in total. The first kappa shape index (κ1) is 39.3. The van der Waals surface area contributed by atoms with Crippen LogP contribution in [0.5, 0.6) is 5.75 Å². The minimum Gasteiger partial charge on any atom is -0.497 e. The molecule has 0 saturated heterocycles. The van der Waals surface area contributed by atoms with Crippen LogP contribution in [0.3, 0.4) is 0 Å². The van der Waals surface area contributed by atoms with Crippen LogP contribution in [0.2, 0.25) is 0 Å². The molecule has 5 aromatic carbocycles. The largest absolute Gasteiger partial charge is 0.497 e. The van der Waals surface area contributed by atoms with Gasteiger partial charge in [-0.1, -0.05) is 121 Å². The van der Waals surface area contributed by atoms with Gasteiger partial charge in [0.25, 0.3) is 0 Å². The minimum absolute atomic E-state index is 0.356. The van der Waals surface area contributed by atoms with Crippen molar-refractivity contribution in [2.24, 2.45) is 4.99 Å². The van der Waals surface area contributed by atoms with Crippen molar-refractivity contribution >= 4 is 23.8 Å². The van der Waals surface area contributed by atoms with E-state index in [2.05, 4.69) is 10.3 Å². The second-order valence-corrected chi connectivity index (χ2v) is 13.9. The highest BCUT2D eigenvalue weighted by Gasteiger charge is 2.42. The van der Waals surface area contributed by atoms with Gasteiger partial charge in [-0.2, -0.15) is 0 Å². The molecule has 1 aliphatic carbocycles. The van der Waals surface area contributed by atoms with Gasteiger partial charge in [-0.25, -0.2) is 9.79 Å². The molecule has 58 heavy (non-hydrogen) atoms. The number of nitrogens with one attached hydrogen (secondary N) is 1. The Morgan fingerprint density at radius 2 is 1.29 bits per heavy atom. The number of hydrogen-bond acceptors (Lipinski definition) is 10. The highest BCUT2D eigenvalue weighted by Crippen LogP contribution is 2.47. The Morgan fingerprint density at radius 1 is 0.759 bits per heavy atom. The number of amidine groups is 1. The molecule has 0 aromatic heterocycles. The van der Waals surface area contributed by atoms with E-state index in [9.17, 15) is 19.5 Å². The average Bonchev–Trinajstić information content (AvgIpc) is 3.59. The summed E-state index contributed by atoms with van der Waals surface area (Å²) in [6.07, 6.45) is 0.0802. The number of benzene rings is 5. The maximum Gasteiger partial charge on any atom is 0.411 e. The van der Waals surface area contributed by atoms with E-state index in [1.54, 1.807) is 26.3 Å². The Bertz CT molecular complexity index is 2230. The lowest BCUT2D eigenvalue weighted by Crippen LogP contribution is -2.56. The second kappa shape index (κ2) is 17.1. The topological polar surface area (TPSA) is 133 Å². The number of aliphatic imine (C=N–C) groups is 1. The summed E-state index contributed by atoms with van der Waals surface area (Å²) in [5, 5.41) is 15.2. The van der Waals surface area contributed by atoms with Gasteiger partial charge in [0.1, 0.15) is 36.4 Å². The standard InChI is InChI=1S/C46H45N5O7/c1-31(51(45(55)58-4)43-38-21-13-11-19-36(38)37-20-12-14-22-39(37)43)50(30-42(53)57-3)41(52)29-49-28-27-40(47-44(49)54)48-46(32-15-7-5-8-16-32,33-17-9-6-10-18-33)34-23-25-35(56-2)26-24-34/h5-28,31,43-44,54H,29-30H2,1-4H3,(H,47,48). The zero-order valence-corrected chi connectivity index (χ0v) is 32.7. The summed E-state index contributed by atoms with van der Waals surface area (Å²) in [6, 6.07) is 42.5. The predicted octanol–water partition coefficient (Wildman–Crippen LogP) is 6.27. The highest BCUT2D eigenvalue weighted by atomic mass is 16.5. The summed E-state index contributed by atoms with van der Waals surface area (Å²) in [5.74, 6) is -0.196. The van der Waals surface area contributed by atoms with Crippen LogP contribution in [0.25, 0.3) is 11.1 Å². The molecule has 0 spiro atoms. The highest BCUT2D eigenvalue weighted by molar-refractivity contribution is 5.95. The van der Waals surface area contributed by atoms with E-state index < -0.39 is 48.6 Å². The third kappa shape index (κ3) is 7.49. The van der Waals surface area contributed by atoms with Gasteiger partial charge < -0.3 is 34.4 Å².